The summed E-state index contributed by atoms with van der Waals surface area (Å²) in [4.78, 5) is 28.3. The van der Waals surface area contributed by atoms with E-state index in [0.29, 0.717) is 53.9 Å². The quantitative estimate of drug-likeness (QED) is 0.123. The van der Waals surface area contributed by atoms with E-state index in [1.807, 2.05) is 20.8 Å². The monoisotopic (exact) mass is 646 g/mol. The molecule has 3 aliphatic rings. The van der Waals surface area contributed by atoms with Crippen LogP contribution in [0.4, 0.5) is 0 Å². The molecule has 246 valence electrons. The molecule has 0 spiro atoms. The smallest absolute Gasteiger partial charge is 0.189 e. The normalized spacial score (nSPS) is 23.8. The van der Waals surface area contributed by atoms with E-state index in [2.05, 4.69) is 0 Å². The Hall–Kier alpha value is -5.24. The lowest BCUT2D eigenvalue weighted by molar-refractivity contribution is -0.00749. The summed E-state index contributed by atoms with van der Waals surface area (Å²) >= 11 is 0. The molecular weight excluding hydrogens is 608 g/mol. The number of ether oxygens (including phenoxy) is 2. The SMILES string of the molecule is CC1(C)CCc2c(ccc(C(=O)[C@@H]3[C@@H](c4ccc(O)cc4)C[C@@]4(C)C[C@@H]3c3c(ccc(C(=O)/C=C/c5ccc(O)cc5)c3O)O4)c2O)O1. The van der Waals surface area contributed by atoms with Gasteiger partial charge in [0.2, 0.25) is 0 Å². The molecule has 0 radical (unpaired) electrons. The number of aromatic hydroxyl groups is 4. The van der Waals surface area contributed by atoms with E-state index in [1.165, 1.54) is 24.3 Å². The number of phenolic OH excluding ortho intramolecular Hbond substituents is 4. The number of carbonyl (C=O) groups excluding carboxylic acids is 2. The van der Waals surface area contributed by atoms with Gasteiger partial charge in [-0.05, 0) is 118 Å². The van der Waals surface area contributed by atoms with Gasteiger partial charge >= 0.3 is 0 Å². The first-order valence-electron chi connectivity index (χ1n) is 16.3. The number of Topliss-reactive ketones (excluding diaryl/α,β-unsaturated/α-hetero) is 1. The highest BCUT2D eigenvalue weighted by Gasteiger charge is 2.54. The molecule has 2 bridgehead atoms. The second kappa shape index (κ2) is 11.5. The van der Waals surface area contributed by atoms with Crippen LogP contribution in [0.1, 0.15) is 94.8 Å². The van der Waals surface area contributed by atoms with Gasteiger partial charge in [0.15, 0.2) is 11.6 Å². The summed E-state index contributed by atoms with van der Waals surface area (Å²) in [7, 11) is 0. The van der Waals surface area contributed by atoms with Crippen LogP contribution < -0.4 is 9.47 Å². The van der Waals surface area contributed by atoms with E-state index < -0.39 is 29.1 Å². The van der Waals surface area contributed by atoms with Crippen molar-refractivity contribution in [2.75, 3.05) is 0 Å². The maximum atomic E-state index is 14.8. The number of hydrogen-bond acceptors (Lipinski definition) is 8. The molecule has 1 fully saturated rings. The number of fused-ring (bicyclic) bond motifs is 5. The van der Waals surface area contributed by atoms with E-state index >= 15 is 0 Å². The van der Waals surface area contributed by atoms with E-state index in [-0.39, 0.29) is 45.5 Å². The van der Waals surface area contributed by atoms with Gasteiger partial charge in [-0.3, -0.25) is 9.59 Å². The summed E-state index contributed by atoms with van der Waals surface area (Å²) in [5.74, 6) is -1.54. The highest BCUT2D eigenvalue weighted by molar-refractivity contribution is 6.09. The third-order valence-electron chi connectivity index (χ3n) is 10.2. The Bertz CT molecular complexity index is 1960. The number of hydrogen-bond donors (Lipinski definition) is 4. The van der Waals surface area contributed by atoms with E-state index in [1.54, 1.807) is 60.7 Å². The molecule has 8 heteroatoms. The Morgan fingerprint density at radius 3 is 2.06 bits per heavy atom. The summed E-state index contributed by atoms with van der Waals surface area (Å²) in [5.41, 5.74) is 1.69. The van der Waals surface area contributed by atoms with Gasteiger partial charge in [-0.2, -0.15) is 0 Å². The van der Waals surface area contributed by atoms with Gasteiger partial charge < -0.3 is 29.9 Å². The molecular formula is C40H38O8. The lowest BCUT2D eigenvalue weighted by atomic mass is 9.59. The summed E-state index contributed by atoms with van der Waals surface area (Å²) in [5, 5.41) is 43.0. The van der Waals surface area contributed by atoms with Crippen LogP contribution in [0.15, 0.2) is 78.9 Å². The van der Waals surface area contributed by atoms with Crippen LogP contribution >= 0.6 is 0 Å². The van der Waals surface area contributed by atoms with Crippen molar-refractivity contribution in [2.24, 2.45) is 5.92 Å². The molecule has 4 aromatic carbocycles. The van der Waals surface area contributed by atoms with Gasteiger partial charge in [0.25, 0.3) is 0 Å². The van der Waals surface area contributed by atoms with Gasteiger partial charge in [-0.25, -0.2) is 0 Å². The predicted molar refractivity (Wildman–Crippen MR) is 180 cm³/mol. The fraction of sp³-hybridized carbons (Fsp3) is 0.300. The topological polar surface area (TPSA) is 134 Å². The van der Waals surface area contributed by atoms with Crippen molar-refractivity contribution in [2.45, 2.75) is 69.5 Å². The number of ketones is 2. The minimum atomic E-state index is -0.737. The van der Waals surface area contributed by atoms with Crippen molar-refractivity contribution < 1.29 is 39.5 Å². The lowest BCUT2D eigenvalue weighted by Crippen LogP contribution is -2.49. The van der Waals surface area contributed by atoms with Crippen LogP contribution in [0.2, 0.25) is 0 Å². The van der Waals surface area contributed by atoms with Gasteiger partial charge in [0.1, 0.15) is 45.7 Å². The highest BCUT2D eigenvalue weighted by atomic mass is 16.5. The molecule has 2 heterocycles. The molecule has 0 unspecified atom stereocenters. The Morgan fingerprint density at radius 2 is 1.35 bits per heavy atom. The third kappa shape index (κ3) is 5.55. The van der Waals surface area contributed by atoms with E-state index in [4.69, 9.17) is 9.47 Å². The summed E-state index contributed by atoms with van der Waals surface area (Å²) in [6.45, 7) is 5.97. The lowest BCUT2D eigenvalue weighted by Gasteiger charge is -2.51. The van der Waals surface area contributed by atoms with E-state index in [9.17, 15) is 30.0 Å². The molecule has 8 nitrogen and oxygen atoms in total. The maximum Gasteiger partial charge on any atom is 0.189 e. The Labute approximate surface area is 278 Å². The largest absolute Gasteiger partial charge is 0.508 e. The number of phenols is 4. The van der Waals surface area contributed by atoms with Crippen molar-refractivity contribution in [3.63, 3.8) is 0 Å². The molecule has 2 aliphatic heterocycles. The third-order valence-corrected chi connectivity index (χ3v) is 10.2. The first kappa shape index (κ1) is 31.4. The van der Waals surface area contributed by atoms with Crippen LogP contribution in [0.5, 0.6) is 34.5 Å². The number of benzene rings is 4. The molecule has 0 amide bonds. The standard InChI is InChI=1S/C40H38O8/c1-39(2)19-18-27-32(47-39)16-14-28(36(27)44)38(46)34-29(23-7-11-25(42)12-8-23)20-40(3)21-30(34)35-33(48-40)17-13-26(37(35)45)31(43)15-6-22-4-9-24(41)10-5-22/h4-17,29-30,34,41-42,44-45H,18-21H2,1-3H3/b15-6+/t29-,30+,34-,40+/m1/s1. The molecule has 1 saturated carbocycles. The van der Waals surface area contributed by atoms with Crippen LogP contribution in [0.3, 0.4) is 0 Å². The fourth-order valence-corrected chi connectivity index (χ4v) is 7.78. The second-order valence-corrected chi connectivity index (χ2v) is 14.1. The number of rotatable bonds is 6. The van der Waals surface area contributed by atoms with Crippen LogP contribution in [-0.2, 0) is 6.42 Å². The van der Waals surface area contributed by atoms with Crippen LogP contribution in [0, 0.1) is 5.92 Å². The van der Waals surface area contributed by atoms with Crippen LogP contribution in [0.25, 0.3) is 6.08 Å². The predicted octanol–water partition coefficient (Wildman–Crippen LogP) is 7.82. The van der Waals surface area contributed by atoms with Crippen molar-refractivity contribution in [3.8, 4) is 34.5 Å². The second-order valence-electron chi connectivity index (χ2n) is 14.1. The summed E-state index contributed by atoms with van der Waals surface area (Å²) in [6.07, 6.45) is 5.09. The Balaban J connectivity index is 1.33. The average Bonchev–Trinajstić information content (AvgIpc) is 3.03. The van der Waals surface area contributed by atoms with Gasteiger partial charge in [-0.1, -0.05) is 30.3 Å². The number of allylic oxidation sites excluding steroid dienone is 1. The Kier molecular flexibility index (Phi) is 7.50. The zero-order valence-corrected chi connectivity index (χ0v) is 27.1. The molecule has 4 atom stereocenters. The fourth-order valence-electron chi connectivity index (χ4n) is 7.78. The maximum absolute atomic E-state index is 14.8. The minimum absolute atomic E-state index is 0.0744. The average molecular weight is 647 g/mol. The van der Waals surface area contributed by atoms with Crippen LogP contribution in [-0.4, -0.2) is 43.2 Å². The molecule has 0 aromatic heterocycles. The molecule has 4 N–H and O–H groups in total. The molecule has 1 aliphatic carbocycles. The van der Waals surface area contributed by atoms with Crippen molar-refractivity contribution in [1.29, 1.82) is 0 Å². The van der Waals surface area contributed by atoms with Crippen molar-refractivity contribution in [3.05, 3.63) is 112 Å². The summed E-state index contributed by atoms with van der Waals surface area (Å²) in [6, 6.07) is 19.7. The van der Waals surface area contributed by atoms with E-state index in [0.717, 1.165) is 5.56 Å². The van der Waals surface area contributed by atoms with Crippen molar-refractivity contribution in [1.82, 2.24) is 0 Å². The molecule has 7 rings (SSSR count). The zero-order valence-electron chi connectivity index (χ0n) is 27.1. The molecule has 4 aromatic rings. The minimum Gasteiger partial charge on any atom is -0.508 e. The van der Waals surface area contributed by atoms with Gasteiger partial charge in [0, 0.05) is 23.0 Å². The highest BCUT2D eigenvalue weighted by Crippen LogP contribution is 2.60. The Morgan fingerprint density at radius 1 is 0.729 bits per heavy atom. The van der Waals surface area contributed by atoms with Gasteiger partial charge in [0.05, 0.1) is 11.1 Å². The summed E-state index contributed by atoms with van der Waals surface area (Å²) < 4.78 is 12.7. The molecule has 0 saturated heterocycles. The first-order valence-corrected chi connectivity index (χ1v) is 16.3. The zero-order chi connectivity index (χ0) is 34.0. The first-order chi connectivity index (χ1) is 22.8. The number of carbonyl (C=O) groups is 2. The molecule has 48 heavy (non-hydrogen) atoms. The van der Waals surface area contributed by atoms with Gasteiger partial charge in [-0.15, -0.1) is 0 Å². The van der Waals surface area contributed by atoms with Crippen molar-refractivity contribution >= 4 is 17.6 Å².